The van der Waals surface area contributed by atoms with E-state index in [0.29, 0.717) is 0 Å². The van der Waals surface area contributed by atoms with Crippen LogP contribution in [-0.4, -0.2) is 11.7 Å². The third-order valence-electron chi connectivity index (χ3n) is 3.69. The molecule has 0 unspecified atom stereocenters. The van der Waals surface area contributed by atoms with Gasteiger partial charge in [0.15, 0.2) is 0 Å². The normalized spacial score (nSPS) is 17.2. The van der Waals surface area contributed by atoms with Crippen LogP contribution in [0.15, 0.2) is 24.3 Å². The van der Waals surface area contributed by atoms with E-state index in [9.17, 15) is 0 Å². The van der Waals surface area contributed by atoms with Gasteiger partial charge < -0.3 is 10.4 Å². The summed E-state index contributed by atoms with van der Waals surface area (Å²) in [6.45, 7) is 2.24. The molecular weight excluding hydrogens is 210 g/mol. The molecule has 0 amide bonds. The van der Waals surface area contributed by atoms with Gasteiger partial charge in [0, 0.05) is 6.54 Å². The maximum Gasteiger partial charge on any atom is 0.0681 e. The Morgan fingerprint density at radius 2 is 1.65 bits per heavy atom. The number of rotatable bonds is 5. The molecule has 94 valence electrons. The number of nitrogens with one attached hydrogen (secondary N) is 1. The van der Waals surface area contributed by atoms with Crippen molar-refractivity contribution in [2.24, 2.45) is 5.92 Å². The topological polar surface area (TPSA) is 32.3 Å². The summed E-state index contributed by atoms with van der Waals surface area (Å²) < 4.78 is 0. The van der Waals surface area contributed by atoms with E-state index in [2.05, 4.69) is 17.4 Å². The van der Waals surface area contributed by atoms with Crippen LogP contribution in [0.5, 0.6) is 0 Å². The lowest BCUT2D eigenvalue weighted by Crippen LogP contribution is -2.24. The maximum absolute atomic E-state index is 8.96. The van der Waals surface area contributed by atoms with Crippen LogP contribution in [0.3, 0.4) is 0 Å². The zero-order chi connectivity index (χ0) is 11.9. The molecule has 1 saturated carbocycles. The highest BCUT2D eigenvalue weighted by molar-refractivity contribution is 5.21. The first-order valence-electron chi connectivity index (χ1n) is 6.78. The summed E-state index contributed by atoms with van der Waals surface area (Å²) in [5.41, 5.74) is 2.29. The van der Waals surface area contributed by atoms with Gasteiger partial charge in [-0.15, -0.1) is 0 Å². The highest BCUT2D eigenvalue weighted by Gasteiger charge is 2.12. The molecular formula is C15H23NO. The van der Waals surface area contributed by atoms with Crippen molar-refractivity contribution in [3.8, 4) is 0 Å². The minimum absolute atomic E-state index is 0.135. The van der Waals surface area contributed by atoms with E-state index in [1.54, 1.807) is 0 Å². The Morgan fingerprint density at radius 1 is 1.00 bits per heavy atom. The van der Waals surface area contributed by atoms with Gasteiger partial charge in [0.25, 0.3) is 0 Å². The molecule has 0 atom stereocenters. The van der Waals surface area contributed by atoms with Crippen LogP contribution in [0.1, 0.15) is 43.2 Å². The van der Waals surface area contributed by atoms with Gasteiger partial charge in [0.2, 0.25) is 0 Å². The fraction of sp³-hybridized carbons (Fsp3) is 0.600. The van der Waals surface area contributed by atoms with Gasteiger partial charge in [-0.05, 0) is 36.4 Å². The van der Waals surface area contributed by atoms with Crippen molar-refractivity contribution in [2.45, 2.75) is 45.3 Å². The van der Waals surface area contributed by atoms with Crippen LogP contribution in [0.2, 0.25) is 0 Å². The van der Waals surface area contributed by atoms with Crippen molar-refractivity contribution in [3.63, 3.8) is 0 Å². The van der Waals surface area contributed by atoms with Gasteiger partial charge in [-0.3, -0.25) is 0 Å². The lowest BCUT2D eigenvalue weighted by atomic mass is 9.89. The van der Waals surface area contributed by atoms with Gasteiger partial charge in [-0.2, -0.15) is 0 Å². The van der Waals surface area contributed by atoms with Gasteiger partial charge in [-0.25, -0.2) is 0 Å². The van der Waals surface area contributed by atoms with Crippen LogP contribution >= 0.6 is 0 Å². The van der Waals surface area contributed by atoms with Crippen LogP contribution in [0.4, 0.5) is 0 Å². The third kappa shape index (κ3) is 4.14. The number of hydrogen-bond donors (Lipinski definition) is 2. The van der Waals surface area contributed by atoms with Crippen molar-refractivity contribution in [1.29, 1.82) is 0 Å². The number of aliphatic hydroxyl groups excluding tert-OH is 1. The van der Waals surface area contributed by atoms with E-state index in [0.717, 1.165) is 24.6 Å². The molecule has 17 heavy (non-hydrogen) atoms. The minimum Gasteiger partial charge on any atom is -0.392 e. The number of benzene rings is 1. The van der Waals surface area contributed by atoms with Crippen LogP contribution in [0, 0.1) is 5.92 Å². The summed E-state index contributed by atoms with van der Waals surface area (Å²) in [5.74, 6) is 0.889. The molecule has 2 N–H and O–H groups in total. The molecule has 0 radical (unpaired) electrons. The molecule has 1 aromatic rings. The van der Waals surface area contributed by atoms with Crippen LogP contribution < -0.4 is 5.32 Å². The van der Waals surface area contributed by atoms with Crippen molar-refractivity contribution in [1.82, 2.24) is 5.32 Å². The molecule has 0 bridgehead atoms. The molecule has 2 rings (SSSR count). The minimum atomic E-state index is 0.135. The average molecular weight is 233 g/mol. The third-order valence-corrected chi connectivity index (χ3v) is 3.69. The quantitative estimate of drug-likeness (QED) is 0.819. The van der Waals surface area contributed by atoms with E-state index in [1.165, 1.54) is 37.7 Å². The molecule has 0 spiro atoms. The fourth-order valence-electron chi connectivity index (χ4n) is 2.57. The molecule has 2 nitrogen and oxygen atoms in total. The smallest absolute Gasteiger partial charge is 0.0681 e. The van der Waals surface area contributed by atoms with Crippen LogP contribution in [-0.2, 0) is 13.2 Å². The predicted octanol–water partition coefficient (Wildman–Crippen LogP) is 2.85. The Kier molecular flexibility index (Phi) is 5.02. The summed E-state index contributed by atoms with van der Waals surface area (Å²) in [5, 5.41) is 12.5. The first-order chi connectivity index (χ1) is 8.38. The van der Waals surface area contributed by atoms with Crippen molar-refractivity contribution in [3.05, 3.63) is 35.4 Å². The maximum atomic E-state index is 8.96. The highest BCUT2D eigenvalue weighted by atomic mass is 16.3. The molecule has 0 aliphatic heterocycles. The van der Waals surface area contributed by atoms with Gasteiger partial charge >= 0.3 is 0 Å². The fourth-order valence-corrected chi connectivity index (χ4v) is 2.57. The average Bonchev–Trinajstić information content (AvgIpc) is 2.41. The lowest BCUT2D eigenvalue weighted by molar-refractivity contribution is 0.282. The summed E-state index contributed by atoms with van der Waals surface area (Å²) >= 11 is 0. The second-order valence-corrected chi connectivity index (χ2v) is 5.11. The molecule has 1 aromatic carbocycles. The molecule has 1 aliphatic rings. The zero-order valence-corrected chi connectivity index (χ0v) is 10.5. The molecule has 1 fully saturated rings. The molecule has 0 heterocycles. The van der Waals surface area contributed by atoms with Gasteiger partial charge in [0.05, 0.1) is 6.61 Å². The lowest BCUT2D eigenvalue weighted by Gasteiger charge is -2.21. The summed E-state index contributed by atoms with van der Waals surface area (Å²) in [6.07, 6.45) is 7.06. The monoisotopic (exact) mass is 233 g/mol. The summed E-state index contributed by atoms with van der Waals surface area (Å²) in [7, 11) is 0. The van der Waals surface area contributed by atoms with E-state index < -0.39 is 0 Å². The largest absolute Gasteiger partial charge is 0.392 e. The summed E-state index contributed by atoms with van der Waals surface area (Å²) in [6, 6.07) is 8.19. The Bertz CT molecular complexity index is 314. The van der Waals surface area contributed by atoms with Crippen LogP contribution in [0.25, 0.3) is 0 Å². The Balaban J connectivity index is 1.69. The second-order valence-electron chi connectivity index (χ2n) is 5.11. The standard InChI is InChI=1S/C15H23NO/c17-12-15-8-6-14(7-9-15)11-16-10-13-4-2-1-3-5-13/h6-9,13,16-17H,1-5,10-12H2. The van der Waals surface area contributed by atoms with Crippen molar-refractivity contribution in [2.75, 3.05) is 6.54 Å². The Labute approximate surface area is 104 Å². The van der Waals surface area contributed by atoms with Gasteiger partial charge in [-0.1, -0.05) is 43.5 Å². The zero-order valence-electron chi connectivity index (χ0n) is 10.5. The molecule has 2 heteroatoms. The SMILES string of the molecule is OCc1ccc(CNCC2CCCCC2)cc1. The Morgan fingerprint density at radius 3 is 2.29 bits per heavy atom. The van der Waals surface area contributed by atoms with Crippen molar-refractivity contribution >= 4 is 0 Å². The molecule has 1 aliphatic carbocycles. The van der Waals surface area contributed by atoms with E-state index >= 15 is 0 Å². The molecule has 0 aromatic heterocycles. The van der Waals surface area contributed by atoms with Crippen molar-refractivity contribution < 1.29 is 5.11 Å². The highest BCUT2D eigenvalue weighted by Crippen LogP contribution is 2.22. The van der Waals surface area contributed by atoms with E-state index in [4.69, 9.17) is 5.11 Å². The molecule has 0 saturated heterocycles. The predicted molar refractivity (Wildman–Crippen MR) is 70.6 cm³/mol. The second kappa shape index (κ2) is 6.77. The number of hydrogen-bond acceptors (Lipinski definition) is 2. The van der Waals surface area contributed by atoms with Gasteiger partial charge in [0.1, 0.15) is 0 Å². The Hall–Kier alpha value is -0.860. The van der Waals surface area contributed by atoms with E-state index in [1.807, 2.05) is 12.1 Å². The van der Waals surface area contributed by atoms with E-state index in [-0.39, 0.29) is 6.61 Å². The first kappa shape index (κ1) is 12.6. The summed E-state index contributed by atoms with van der Waals surface area (Å²) in [4.78, 5) is 0. The first-order valence-corrected chi connectivity index (χ1v) is 6.78. The number of aliphatic hydroxyl groups is 1.